The number of aliphatic hydroxyl groups excluding tert-OH is 1. The standard InChI is InChI=1S/C21H20N4O6S/c1-24-18-17(19(29)23-20(24)30)25(21(22-18)32-11-16(27)28)9-13(26)10-31-15-8-4-6-12-5-2-3-7-14(12)15/h2-8,13,26H,9-11H2,1H3,(H,27,28)(H,23,29,30). The molecule has 0 aliphatic rings. The molecule has 0 bridgehead atoms. The van der Waals surface area contributed by atoms with E-state index in [0.29, 0.717) is 5.75 Å². The second-order valence-corrected chi connectivity index (χ2v) is 8.06. The third-order valence-corrected chi connectivity index (χ3v) is 5.83. The number of aliphatic hydroxyl groups is 1. The summed E-state index contributed by atoms with van der Waals surface area (Å²) in [5.74, 6) is -0.743. The predicted molar refractivity (Wildman–Crippen MR) is 119 cm³/mol. The Kier molecular flexibility index (Phi) is 6.01. The molecule has 4 aromatic rings. The van der Waals surface area contributed by atoms with E-state index in [1.54, 1.807) is 6.07 Å². The van der Waals surface area contributed by atoms with Gasteiger partial charge in [-0.05, 0) is 11.5 Å². The number of benzene rings is 2. The van der Waals surface area contributed by atoms with E-state index in [9.17, 15) is 19.5 Å². The Balaban J connectivity index is 1.62. The molecule has 32 heavy (non-hydrogen) atoms. The predicted octanol–water partition coefficient (Wildman–Crippen LogP) is 1.19. The maximum Gasteiger partial charge on any atom is 0.329 e. The number of fused-ring (bicyclic) bond motifs is 2. The number of hydrogen-bond acceptors (Lipinski definition) is 7. The molecule has 10 nitrogen and oxygen atoms in total. The zero-order valence-electron chi connectivity index (χ0n) is 17.0. The van der Waals surface area contributed by atoms with Crippen molar-refractivity contribution in [3.8, 4) is 5.75 Å². The molecule has 0 aliphatic heterocycles. The van der Waals surface area contributed by atoms with E-state index in [4.69, 9.17) is 9.84 Å². The Morgan fingerprint density at radius 1 is 1.22 bits per heavy atom. The Bertz CT molecular complexity index is 1420. The first kappa shape index (κ1) is 21.7. The summed E-state index contributed by atoms with van der Waals surface area (Å²) in [5.41, 5.74) is -1.13. The highest BCUT2D eigenvalue weighted by atomic mass is 32.2. The van der Waals surface area contributed by atoms with Crippen molar-refractivity contribution in [1.82, 2.24) is 19.1 Å². The average Bonchev–Trinajstić information content (AvgIpc) is 3.13. The van der Waals surface area contributed by atoms with Gasteiger partial charge in [-0.2, -0.15) is 0 Å². The van der Waals surface area contributed by atoms with Gasteiger partial charge in [0.1, 0.15) is 18.5 Å². The fourth-order valence-corrected chi connectivity index (χ4v) is 4.12. The molecule has 1 unspecified atom stereocenters. The number of rotatable bonds is 8. The van der Waals surface area contributed by atoms with Crippen LogP contribution in [0.4, 0.5) is 0 Å². The second kappa shape index (κ2) is 8.89. The molecule has 0 radical (unpaired) electrons. The maximum atomic E-state index is 12.5. The molecule has 1 atom stereocenters. The number of imidazole rings is 1. The van der Waals surface area contributed by atoms with Crippen LogP contribution >= 0.6 is 11.8 Å². The zero-order chi connectivity index (χ0) is 22.8. The number of aromatic amines is 1. The van der Waals surface area contributed by atoms with Crippen molar-refractivity contribution < 1.29 is 19.7 Å². The number of carbonyl (C=O) groups is 1. The summed E-state index contributed by atoms with van der Waals surface area (Å²) in [6, 6.07) is 13.3. The third kappa shape index (κ3) is 4.25. The van der Waals surface area contributed by atoms with Crippen molar-refractivity contribution in [1.29, 1.82) is 0 Å². The van der Waals surface area contributed by atoms with Crippen molar-refractivity contribution in [2.45, 2.75) is 17.8 Å². The van der Waals surface area contributed by atoms with Crippen LogP contribution in [-0.4, -0.2) is 53.7 Å². The molecule has 0 saturated carbocycles. The highest BCUT2D eigenvalue weighted by Crippen LogP contribution is 2.26. The number of nitrogens with zero attached hydrogens (tertiary/aromatic N) is 3. The van der Waals surface area contributed by atoms with Crippen molar-refractivity contribution in [2.24, 2.45) is 7.05 Å². The summed E-state index contributed by atoms with van der Waals surface area (Å²) in [7, 11) is 1.45. The van der Waals surface area contributed by atoms with Crippen LogP contribution < -0.4 is 16.0 Å². The summed E-state index contributed by atoms with van der Waals surface area (Å²) in [5, 5.41) is 21.8. The number of carboxylic acids is 1. The van der Waals surface area contributed by atoms with Crippen molar-refractivity contribution >= 4 is 39.7 Å². The van der Waals surface area contributed by atoms with Gasteiger partial charge in [-0.25, -0.2) is 9.78 Å². The molecule has 0 saturated heterocycles. The number of hydrogen-bond donors (Lipinski definition) is 3. The van der Waals surface area contributed by atoms with Gasteiger partial charge in [0.05, 0.1) is 12.3 Å². The summed E-state index contributed by atoms with van der Waals surface area (Å²) in [4.78, 5) is 41.9. The minimum absolute atomic E-state index is 0.0691. The number of ether oxygens (including phenoxy) is 1. The van der Waals surface area contributed by atoms with Gasteiger partial charge in [-0.3, -0.25) is 19.1 Å². The highest BCUT2D eigenvalue weighted by molar-refractivity contribution is 7.99. The van der Waals surface area contributed by atoms with Gasteiger partial charge >= 0.3 is 11.7 Å². The first-order valence-corrected chi connectivity index (χ1v) is 10.7. The normalized spacial score (nSPS) is 12.3. The zero-order valence-corrected chi connectivity index (χ0v) is 17.8. The van der Waals surface area contributed by atoms with Gasteiger partial charge in [0.2, 0.25) is 0 Å². The summed E-state index contributed by atoms with van der Waals surface area (Å²) in [6.07, 6.45) is -1.04. The number of aromatic nitrogens is 4. The van der Waals surface area contributed by atoms with E-state index in [2.05, 4.69) is 9.97 Å². The smallest absolute Gasteiger partial charge is 0.329 e. The van der Waals surface area contributed by atoms with Crippen LogP contribution in [0, 0.1) is 0 Å². The van der Waals surface area contributed by atoms with E-state index in [0.717, 1.165) is 27.1 Å². The van der Waals surface area contributed by atoms with Crippen LogP contribution in [0.25, 0.3) is 21.9 Å². The molecule has 0 amide bonds. The lowest BCUT2D eigenvalue weighted by atomic mass is 10.1. The minimum atomic E-state index is -1.06. The van der Waals surface area contributed by atoms with Gasteiger partial charge in [0, 0.05) is 12.4 Å². The topological polar surface area (TPSA) is 139 Å². The number of H-pyrrole nitrogens is 1. The molecule has 166 valence electrons. The monoisotopic (exact) mass is 456 g/mol. The van der Waals surface area contributed by atoms with E-state index in [1.807, 2.05) is 36.4 Å². The van der Waals surface area contributed by atoms with E-state index >= 15 is 0 Å². The van der Waals surface area contributed by atoms with Crippen molar-refractivity contribution in [3.63, 3.8) is 0 Å². The number of nitrogens with one attached hydrogen (secondary N) is 1. The molecule has 0 aliphatic carbocycles. The molecular weight excluding hydrogens is 436 g/mol. The third-order valence-electron chi connectivity index (χ3n) is 4.87. The van der Waals surface area contributed by atoms with Gasteiger partial charge in [0.25, 0.3) is 5.56 Å². The molecule has 0 fully saturated rings. The lowest BCUT2D eigenvalue weighted by Gasteiger charge is -2.16. The van der Waals surface area contributed by atoms with E-state index in [1.165, 1.54) is 11.6 Å². The Labute approximate surface area is 185 Å². The molecule has 3 N–H and O–H groups in total. The largest absolute Gasteiger partial charge is 0.490 e. The quantitative estimate of drug-likeness (QED) is 0.336. The number of aryl methyl sites for hydroxylation is 1. The lowest BCUT2D eigenvalue weighted by Crippen LogP contribution is -2.30. The summed E-state index contributed by atoms with van der Waals surface area (Å²) >= 11 is 0.895. The first-order chi connectivity index (χ1) is 15.3. The molecule has 0 spiro atoms. The van der Waals surface area contributed by atoms with Crippen LogP contribution in [-0.2, 0) is 18.4 Å². The van der Waals surface area contributed by atoms with Crippen LogP contribution in [0.15, 0.2) is 57.2 Å². The lowest BCUT2D eigenvalue weighted by molar-refractivity contribution is -0.133. The number of thioether (sulfide) groups is 1. The van der Waals surface area contributed by atoms with Crippen LogP contribution in [0.3, 0.4) is 0 Å². The van der Waals surface area contributed by atoms with Crippen molar-refractivity contribution in [2.75, 3.05) is 12.4 Å². The van der Waals surface area contributed by atoms with E-state index < -0.39 is 23.3 Å². The van der Waals surface area contributed by atoms with E-state index in [-0.39, 0.29) is 35.2 Å². The molecular formula is C21H20N4O6S. The molecule has 2 aromatic heterocycles. The number of aliphatic carboxylic acids is 1. The molecule has 2 aromatic carbocycles. The fraction of sp³-hybridized carbons (Fsp3) is 0.238. The highest BCUT2D eigenvalue weighted by Gasteiger charge is 2.21. The van der Waals surface area contributed by atoms with Crippen LogP contribution in [0.2, 0.25) is 0 Å². The summed E-state index contributed by atoms with van der Waals surface area (Å²) in [6.45, 7) is -0.148. The minimum Gasteiger partial charge on any atom is -0.490 e. The van der Waals surface area contributed by atoms with Gasteiger partial charge < -0.3 is 19.5 Å². The number of carboxylic acid groups (broad SMARTS) is 1. The second-order valence-electron chi connectivity index (χ2n) is 7.12. The Morgan fingerprint density at radius 3 is 2.75 bits per heavy atom. The Morgan fingerprint density at radius 2 is 1.97 bits per heavy atom. The molecule has 2 heterocycles. The van der Waals surface area contributed by atoms with Crippen molar-refractivity contribution in [3.05, 3.63) is 63.3 Å². The van der Waals surface area contributed by atoms with Crippen LogP contribution in [0.1, 0.15) is 0 Å². The van der Waals surface area contributed by atoms with Gasteiger partial charge in [0.15, 0.2) is 16.3 Å². The SMILES string of the molecule is Cn1c(=O)[nH]c(=O)c2c1nc(SCC(=O)O)n2CC(O)COc1cccc2ccccc12. The fourth-order valence-electron chi connectivity index (χ4n) is 3.39. The van der Waals surface area contributed by atoms with Crippen LogP contribution in [0.5, 0.6) is 5.75 Å². The first-order valence-electron chi connectivity index (χ1n) is 9.68. The van der Waals surface area contributed by atoms with Gasteiger partial charge in [-0.1, -0.05) is 48.2 Å². The van der Waals surface area contributed by atoms with Gasteiger partial charge in [-0.15, -0.1) is 0 Å². The Hall–Kier alpha value is -3.57. The molecule has 4 rings (SSSR count). The molecule has 11 heteroatoms. The average molecular weight is 456 g/mol. The maximum absolute atomic E-state index is 12.5. The summed E-state index contributed by atoms with van der Waals surface area (Å²) < 4.78 is 8.41.